The van der Waals surface area contributed by atoms with Crippen molar-refractivity contribution in [3.05, 3.63) is 99.2 Å². The van der Waals surface area contributed by atoms with Crippen LogP contribution in [0, 0.1) is 6.92 Å². The highest BCUT2D eigenvalue weighted by molar-refractivity contribution is 6.44. The molecule has 0 atom stereocenters. The predicted molar refractivity (Wildman–Crippen MR) is 153 cm³/mol. The van der Waals surface area contributed by atoms with E-state index in [4.69, 9.17) is 23.2 Å². The second kappa shape index (κ2) is 10.0. The Balaban J connectivity index is 1.10. The Morgan fingerprint density at radius 2 is 1.50 bits per heavy atom. The van der Waals surface area contributed by atoms with Crippen molar-refractivity contribution in [1.29, 1.82) is 0 Å². The van der Waals surface area contributed by atoms with E-state index in [1.54, 1.807) is 6.07 Å². The third-order valence-electron chi connectivity index (χ3n) is 7.37. The first-order chi connectivity index (χ1) is 18.4. The summed E-state index contributed by atoms with van der Waals surface area (Å²) in [7, 11) is 0. The van der Waals surface area contributed by atoms with Crippen LogP contribution in [0.25, 0.3) is 10.9 Å². The third-order valence-corrected chi connectivity index (χ3v) is 8.10. The van der Waals surface area contributed by atoms with E-state index in [0.29, 0.717) is 5.69 Å². The highest BCUT2D eigenvalue weighted by Gasteiger charge is 2.37. The highest BCUT2D eigenvalue weighted by Crippen LogP contribution is 2.34. The average molecular weight is 545 g/mol. The molecular formula is C30H26Cl2N4O2. The number of imide groups is 1. The van der Waals surface area contributed by atoms with Gasteiger partial charge in [0.25, 0.3) is 11.8 Å². The minimum Gasteiger partial charge on any atom is -0.368 e. The fraction of sp³-hybridized carbons (Fsp3) is 0.233. The number of aromatic nitrogens is 1. The fourth-order valence-corrected chi connectivity index (χ4v) is 5.66. The number of amides is 2. The van der Waals surface area contributed by atoms with E-state index >= 15 is 0 Å². The van der Waals surface area contributed by atoms with E-state index in [1.807, 2.05) is 25.1 Å². The predicted octanol–water partition coefficient (Wildman–Crippen LogP) is 6.02. The Morgan fingerprint density at radius 3 is 2.21 bits per heavy atom. The molecule has 1 fully saturated rings. The molecule has 0 saturated carbocycles. The standard InChI is InChI=1S/C30H26Cl2N4O2/c1-19-8-9-22-27(33-19)6-3-7-28(22)35-14-12-34(13-15-35)11-10-20-4-2-5-21(16-20)36-29(37)23-17-25(31)26(32)18-24(23)30(36)38/h2-9,16-18H,10-15H2,1H3. The molecule has 0 aliphatic carbocycles. The number of anilines is 2. The van der Waals surface area contributed by atoms with Crippen molar-refractivity contribution in [3.8, 4) is 0 Å². The van der Waals surface area contributed by atoms with Gasteiger partial charge < -0.3 is 4.90 Å². The number of halogens is 2. The number of carbonyl (C=O) groups is 2. The summed E-state index contributed by atoms with van der Waals surface area (Å²) in [4.78, 5) is 36.8. The number of pyridine rings is 1. The number of carbonyl (C=O) groups excluding carboxylic acids is 2. The van der Waals surface area contributed by atoms with E-state index in [1.165, 1.54) is 28.1 Å². The molecule has 0 N–H and O–H groups in total. The number of aryl methyl sites for hydroxylation is 1. The van der Waals surface area contributed by atoms with Crippen molar-refractivity contribution in [2.45, 2.75) is 13.3 Å². The molecule has 0 radical (unpaired) electrons. The number of benzene rings is 3. The van der Waals surface area contributed by atoms with Gasteiger partial charge in [-0.1, -0.05) is 41.4 Å². The van der Waals surface area contributed by atoms with Gasteiger partial charge in [0.2, 0.25) is 0 Å². The summed E-state index contributed by atoms with van der Waals surface area (Å²) in [6.45, 7) is 6.76. The van der Waals surface area contributed by atoms with Crippen molar-refractivity contribution >= 4 is 57.3 Å². The Morgan fingerprint density at radius 1 is 0.816 bits per heavy atom. The van der Waals surface area contributed by atoms with Gasteiger partial charge in [-0.15, -0.1) is 0 Å². The maximum Gasteiger partial charge on any atom is 0.266 e. The lowest BCUT2D eigenvalue weighted by atomic mass is 10.1. The molecule has 2 amide bonds. The van der Waals surface area contributed by atoms with Gasteiger partial charge in [0.1, 0.15) is 0 Å². The first-order valence-electron chi connectivity index (χ1n) is 12.7. The number of piperazine rings is 1. The molecule has 0 spiro atoms. The number of rotatable bonds is 5. The van der Waals surface area contributed by atoms with Crippen LogP contribution in [0.1, 0.15) is 32.0 Å². The molecule has 6 rings (SSSR count). The molecule has 3 heterocycles. The number of hydrogen-bond donors (Lipinski definition) is 0. The van der Waals surface area contributed by atoms with Gasteiger partial charge in [-0.3, -0.25) is 19.5 Å². The van der Waals surface area contributed by atoms with Gasteiger partial charge in [0.15, 0.2) is 0 Å². The van der Waals surface area contributed by atoms with Gasteiger partial charge in [-0.2, -0.15) is 0 Å². The lowest BCUT2D eigenvalue weighted by Gasteiger charge is -2.36. The quantitative estimate of drug-likeness (QED) is 0.288. The second-order valence-corrected chi connectivity index (χ2v) is 10.6. The van der Waals surface area contributed by atoms with Crippen LogP contribution in [0.2, 0.25) is 10.0 Å². The summed E-state index contributed by atoms with van der Waals surface area (Å²) in [5.41, 5.74) is 5.51. The molecular weight excluding hydrogens is 519 g/mol. The van der Waals surface area contributed by atoms with Gasteiger partial charge in [0, 0.05) is 49.5 Å². The van der Waals surface area contributed by atoms with Crippen LogP contribution < -0.4 is 9.80 Å². The minimum atomic E-state index is -0.379. The van der Waals surface area contributed by atoms with Crippen molar-refractivity contribution in [1.82, 2.24) is 9.88 Å². The molecule has 192 valence electrons. The highest BCUT2D eigenvalue weighted by atomic mass is 35.5. The van der Waals surface area contributed by atoms with E-state index in [9.17, 15) is 9.59 Å². The van der Waals surface area contributed by atoms with Crippen molar-refractivity contribution in [2.24, 2.45) is 0 Å². The lowest BCUT2D eigenvalue weighted by molar-refractivity contribution is 0.0926. The normalized spacial score (nSPS) is 16.0. The Kier molecular flexibility index (Phi) is 6.56. The Labute approximate surface area is 231 Å². The summed E-state index contributed by atoms with van der Waals surface area (Å²) < 4.78 is 0. The van der Waals surface area contributed by atoms with Crippen LogP contribution in [0.5, 0.6) is 0 Å². The number of hydrogen-bond acceptors (Lipinski definition) is 5. The van der Waals surface area contributed by atoms with Crippen molar-refractivity contribution in [3.63, 3.8) is 0 Å². The molecule has 8 heteroatoms. The third kappa shape index (κ3) is 4.53. The van der Waals surface area contributed by atoms with Gasteiger partial charge in [0.05, 0.1) is 32.4 Å². The molecule has 6 nitrogen and oxygen atoms in total. The van der Waals surface area contributed by atoms with Crippen LogP contribution in [0.15, 0.2) is 66.7 Å². The van der Waals surface area contributed by atoms with Crippen LogP contribution in [0.3, 0.4) is 0 Å². The zero-order valence-electron chi connectivity index (χ0n) is 21.0. The van der Waals surface area contributed by atoms with Crippen molar-refractivity contribution in [2.75, 3.05) is 42.5 Å². The average Bonchev–Trinajstić information content (AvgIpc) is 3.16. The molecule has 38 heavy (non-hydrogen) atoms. The monoisotopic (exact) mass is 544 g/mol. The van der Waals surface area contributed by atoms with Crippen LogP contribution >= 0.6 is 23.2 Å². The van der Waals surface area contributed by atoms with Crippen LogP contribution in [0.4, 0.5) is 11.4 Å². The molecule has 4 aromatic rings. The summed E-state index contributed by atoms with van der Waals surface area (Å²) in [6, 6.07) is 21.2. The molecule has 0 bridgehead atoms. The SMILES string of the molecule is Cc1ccc2c(N3CCN(CCc4cccc(N5C(=O)c6cc(Cl)c(Cl)cc6C5=O)c4)CC3)cccc2n1. The first-order valence-corrected chi connectivity index (χ1v) is 13.4. The molecule has 3 aromatic carbocycles. The zero-order chi connectivity index (χ0) is 26.4. The smallest absolute Gasteiger partial charge is 0.266 e. The molecule has 2 aliphatic rings. The molecule has 1 saturated heterocycles. The molecule has 1 aromatic heterocycles. The van der Waals surface area contributed by atoms with Gasteiger partial charge >= 0.3 is 0 Å². The number of fused-ring (bicyclic) bond motifs is 2. The summed E-state index contributed by atoms with van der Waals surface area (Å²) in [5.74, 6) is -0.758. The van der Waals surface area contributed by atoms with Crippen molar-refractivity contribution < 1.29 is 9.59 Å². The van der Waals surface area contributed by atoms with E-state index < -0.39 is 0 Å². The van der Waals surface area contributed by atoms with E-state index in [0.717, 1.165) is 55.9 Å². The zero-order valence-corrected chi connectivity index (χ0v) is 22.5. The topological polar surface area (TPSA) is 56.8 Å². The largest absolute Gasteiger partial charge is 0.368 e. The summed E-state index contributed by atoms with van der Waals surface area (Å²) in [5, 5.41) is 1.71. The van der Waals surface area contributed by atoms with E-state index in [2.05, 4.69) is 45.1 Å². The fourth-order valence-electron chi connectivity index (χ4n) is 5.34. The maximum atomic E-state index is 13.0. The maximum absolute atomic E-state index is 13.0. The first kappa shape index (κ1) is 24.9. The number of nitrogens with zero attached hydrogens (tertiary/aromatic N) is 4. The van der Waals surface area contributed by atoms with Crippen LogP contribution in [-0.2, 0) is 6.42 Å². The Bertz CT molecular complexity index is 1540. The summed E-state index contributed by atoms with van der Waals surface area (Å²) >= 11 is 12.2. The minimum absolute atomic E-state index is 0.259. The second-order valence-electron chi connectivity index (χ2n) is 9.80. The van der Waals surface area contributed by atoms with Crippen LogP contribution in [-0.4, -0.2) is 54.4 Å². The molecule has 0 unspecified atom stereocenters. The Hall–Kier alpha value is -3.45. The molecule has 2 aliphatic heterocycles. The summed E-state index contributed by atoms with van der Waals surface area (Å²) in [6.07, 6.45) is 0.826. The van der Waals surface area contributed by atoms with E-state index in [-0.39, 0.29) is 33.0 Å². The lowest BCUT2D eigenvalue weighted by Crippen LogP contribution is -2.47. The van der Waals surface area contributed by atoms with Gasteiger partial charge in [-0.25, -0.2) is 4.90 Å². The van der Waals surface area contributed by atoms with Gasteiger partial charge in [-0.05, 0) is 67.4 Å².